The van der Waals surface area contributed by atoms with E-state index in [4.69, 9.17) is 0 Å². The molecule has 2 unspecified atom stereocenters. The first-order valence-corrected chi connectivity index (χ1v) is 6.01. The number of rotatable bonds is 3. The summed E-state index contributed by atoms with van der Waals surface area (Å²) in [6.07, 6.45) is 6.17. The van der Waals surface area contributed by atoms with E-state index >= 15 is 0 Å². The van der Waals surface area contributed by atoms with Crippen LogP contribution in [0, 0.1) is 11.8 Å². The second kappa shape index (κ2) is 4.25. The number of nitrogens with one attached hydrogen (secondary N) is 1. The van der Waals surface area contributed by atoms with Crippen molar-refractivity contribution in [3.05, 3.63) is 36.8 Å². The van der Waals surface area contributed by atoms with Crippen molar-refractivity contribution in [3.63, 3.8) is 0 Å². The van der Waals surface area contributed by atoms with Crippen LogP contribution in [0.5, 0.6) is 0 Å². The largest absolute Gasteiger partial charge is 0.324 e. The number of anilines is 1. The van der Waals surface area contributed by atoms with Crippen LogP contribution < -0.4 is 5.32 Å². The molecule has 5 heteroatoms. The number of pyridine rings is 1. The highest BCUT2D eigenvalue weighted by Gasteiger charge is 2.39. The number of carbonyl (C=O) groups is 1. The third-order valence-electron chi connectivity index (χ3n) is 3.20. The summed E-state index contributed by atoms with van der Waals surface area (Å²) in [5, 5.41) is 6.97. The van der Waals surface area contributed by atoms with Gasteiger partial charge in [-0.25, -0.2) is 9.67 Å². The number of nitrogens with zero attached hydrogens (tertiary/aromatic N) is 3. The molecule has 1 N–H and O–H groups in total. The van der Waals surface area contributed by atoms with Gasteiger partial charge >= 0.3 is 0 Å². The van der Waals surface area contributed by atoms with E-state index in [2.05, 4.69) is 22.3 Å². The minimum Gasteiger partial charge on any atom is -0.324 e. The Bertz CT molecular complexity index is 547. The van der Waals surface area contributed by atoms with E-state index in [1.807, 2.05) is 24.4 Å². The lowest BCUT2D eigenvalue weighted by Crippen LogP contribution is -2.14. The second-order valence-electron chi connectivity index (χ2n) is 4.66. The molecule has 2 atom stereocenters. The molecular formula is C13H14N4O. The quantitative estimate of drug-likeness (QED) is 0.893. The molecule has 92 valence electrons. The summed E-state index contributed by atoms with van der Waals surface area (Å²) in [6, 6.07) is 5.51. The summed E-state index contributed by atoms with van der Waals surface area (Å²) in [5.41, 5.74) is 0.731. The highest BCUT2D eigenvalue weighted by Crippen LogP contribution is 2.38. The molecule has 1 fully saturated rings. The first kappa shape index (κ1) is 11.0. The fourth-order valence-corrected chi connectivity index (χ4v) is 1.92. The molecule has 0 aliphatic heterocycles. The van der Waals surface area contributed by atoms with Crippen molar-refractivity contribution in [3.8, 4) is 5.82 Å². The highest BCUT2D eigenvalue weighted by molar-refractivity contribution is 5.94. The number of aromatic nitrogens is 3. The van der Waals surface area contributed by atoms with Crippen molar-refractivity contribution >= 4 is 11.6 Å². The molecule has 0 spiro atoms. The summed E-state index contributed by atoms with van der Waals surface area (Å²) in [5.74, 6) is 1.52. The van der Waals surface area contributed by atoms with E-state index in [0.717, 1.165) is 17.9 Å². The van der Waals surface area contributed by atoms with Crippen LogP contribution in [-0.2, 0) is 4.79 Å². The minimum atomic E-state index is 0.0936. The predicted octanol–water partition coefficient (Wildman–Crippen LogP) is 1.86. The van der Waals surface area contributed by atoms with E-state index < -0.39 is 0 Å². The van der Waals surface area contributed by atoms with Gasteiger partial charge in [-0.2, -0.15) is 5.10 Å². The average Bonchev–Trinajstić information content (AvgIpc) is 2.91. The Hall–Kier alpha value is -2.17. The summed E-state index contributed by atoms with van der Waals surface area (Å²) in [4.78, 5) is 16.0. The SMILES string of the molecule is CC1CC1C(=O)Nc1ccc(-n2cccn2)nc1. The van der Waals surface area contributed by atoms with Crippen LogP contribution in [0.25, 0.3) is 5.82 Å². The van der Waals surface area contributed by atoms with Crippen LogP contribution in [0.2, 0.25) is 0 Å². The maximum atomic E-state index is 11.7. The monoisotopic (exact) mass is 242 g/mol. The van der Waals surface area contributed by atoms with Gasteiger partial charge in [-0.3, -0.25) is 4.79 Å². The second-order valence-corrected chi connectivity index (χ2v) is 4.66. The van der Waals surface area contributed by atoms with Crippen molar-refractivity contribution < 1.29 is 4.79 Å². The van der Waals surface area contributed by atoms with E-state index in [-0.39, 0.29) is 11.8 Å². The van der Waals surface area contributed by atoms with E-state index in [1.165, 1.54) is 0 Å². The summed E-state index contributed by atoms with van der Waals surface area (Å²) in [6.45, 7) is 2.09. The molecule has 2 aromatic rings. The number of hydrogen-bond donors (Lipinski definition) is 1. The molecule has 2 heterocycles. The first-order chi connectivity index (χ1) is 8.74. The fraction of sp³-hybridized carbons (Fsp3) is 0.308. The molecule has 0 radical (unpaired) electrons. The smallest absolute Gasteiger partial charge is 0.227 e. The van der Waals surface area contributed by atoms with E-state index in [0.29, 0.717) is 5.92 Å². The van der Waals surface area contributed by atoms with Gasteiger partial charge in [0.05, 0.1) is 11.9 Å². The van der Waals surface area contributed by atoms with Gasteiger partial charge in [-0.1, -0.05) is 6.92 Å². The lowest BCUT2D eigenvalue weighted by atomic mass is 10.3. The normalized spacial score (nSPS) is 21.6. The van der Waals surface area contributed by atoms with Gasteiger partial charge in [0.15, 0.2) is 5.82 Å². The molecule has 1 saturated carbocycles. The van der Waals surface area contributed by atoms with Gasteiger partial charge in [0, 0.05) is 18.3 Å². The summed E-state index contributed by atoms with van der Waals surface area (Å²) in [7, 11) is 0. The topological polar surface area (TPSA) is 59.8 Å². The molecule has 0 aromatic carbocycles. The zero-order chi connectivity index (χ0) is 12.5. The van der Waals surface area contributed by atoms with Gasteiger partial charge in [0.25, 0.3) is 0 Å². The molecule has 0 saturated heterocycles. The van der Waals surface area contributed by atoms with Crippen molar-refractivity contribution in [1.29, 1.82) is 0 Å². The maximum Gasteiger partial charge on any atom is 0.227 e. The molecule has 1 amide bonds. The van der Waals surface area contributed by atoms with Crippen LogP contribution in [0.15, 0.2) is 36.8 Å². The lowest BCUT2D eigenvalue weighted by molar-refractivity contribution is -0.117. The van der Waals surface area contributed by atoms with Gasteiger partial charge in [-0.05, 0) is 30.5 Å². The Labute approximate surface area is 105 Å². The van der Waals surface area contributed by atoms with Crippen molar-refractivity contribution in [2.24, 2.45) is 11.8 Å². The van der Waals surface area contributed by atoms with Crippen molar-refractivity contribution in [2.75, 3.05) is 5.32 Å². The highest BCUT2D eigenvalue weighted by atomic mass is 16.2. The standard InChI is InChI=1S/C13H14N4O/c1-9-7-11(9)13(18)16-10-3-4-12(14-8-10)17-6-2-5-15-17/h2-6,8-9,11H,7H2,1H3,(H,16,18). The van der Waals surface area contributed by atoms with Crippen molar-refractivity contribution in [1.82, 2.24) is 14.8 Å². The Morgan fingerprint density at radius 2 is 2.33 bits per heavy atom. The third-order valence-corrected chi connectivity index (χ3v) is 3.20. The van der Waals surface area contributed by atoms with Gasteiger partial charge in [0.2, 0.25) is 5.91 Å². The van der Waals surface area contributed by atoms with Crippen LogP contribution in [0.3, 0.4) is 0 Å². The predicted molar refractivity (Wildman–Crippen MR) is 67.3 cm³/mol. The summed E-state index contributed by atoms with van der Waals surface area (Å²) >= 11 is 0. The van der Waals surface area contributed by atoms with Crippen LogP contribution in [-0.4, -0.2) is 20.7 Å². The first-order valence-electron chi connectivity index (χ1n) is 6.01. The zero-order valence-electron chi connectivity index (χ0n) is 10.1. The molecule has 18 heavy (non-hydrogen) atoms. The van der Waals surface area contributed by atoms with Gasteiger partial charge in [0.1, 0.15) is 0 Å². The van der Waals surface area contributed by atoms with Crippen LogP contribution in [0.4, 0.5) is 5.69 Å². The fourth-order valence-electron chi connectivity index (χ4n) is 1.92. The third kappa shape index (κ3) is 2.11. The van der Waals surface area contributed by atoms with Gasteiger partial charge in [-0.15, -0.1) is 0 Å². The number of amides is 1. The van der Waals surface area contributed by atoms with Crippen LogP contribution in [0.1, 0.15) is 13.3 Å². The van der Waals surface area contributed by atoms with Crippen LogP contribution >= 0.6 is 0 Å². The molecule has 2 aromatic heterocycles. The molecular weight excluding hydrogens is 228 g/mol. The van der Waals surface area contributed by atoms with E-state index in [1.54, 1.807) is 17.1 Å². The molecule has 1 aliphatic rings. The molecule has 3 rings (SSSR count). The number of hydrogen-bond acceptors (Lipinski definition) is 3. The maximum absolute atomic E-state index is 11.7. The van der Waals surface area contributed by atoms with Crippen molar-refractivity contribution in [2.45, 2.75) is 13.3 Å². The Balaban J connectivity index is 1.69. The average molecular weight is 242 g/mol. The lowest BCUT2D eigenvalue weighted by Gasteiger charge is -2.05. The molecule has 0 bridgehead atoms. The zero-order valence-corrected chi connectivity index (χ0v) is 10.1. The van der Waals surface area contributed by atoms with Gasteiger partial charge < -0.3 is 5.32 Å². The summed E-state index contributed by atoms with van der Waals surface area (Å²) < 4.78 is 1.68. The molecule has 1 aliphatic carbocycles. The minimum absolute atomic E-state index is 0.0936. The number of carbonyl (C=O) groups excluding carboxylic acids is 1. The Morgan fingerprint density at radius 1 is 1.50 bits per heavy atom. The Kier molecular flexibility index (Phi) is 2.59. The Morgan fingerprint density at radius 3 is 2.89 bits per heavy atom. The van der Waals surface area contributed by atoms with E-state index in [9.17, 15) is 4.79 Å². The molecule has 5 nitrogen and oxygen atoms in total.